The van der Waals surface area contributed by atoms with Crippen LogP contribution in [0.4, 0.5) is 9.59 Å². The maximum absolute atomic E-state index is 12.7. The molecule has 0 saturated carbocycles. The minimum atomic E-state index is -1.12. The number of aryl methyl sites for hydroxylation is 1. The van der Waals surface area contributed by atoms with Gasteiger partial charge < -0.3 is 25.4 Å². The number of amides is 3. The highest BCUT2D eigenvalue weighted by Crippen LogP contribution is 2.14. The molecule has 34 heavy (non-hydrogen) atoms. The van der Waals surface area contributed by atoms with Gasteiger partial charge in [0.1, 0.15) is 12.1 Å². The molecule has 10 heteroatoms. The number of nitrogens with zero attached hydrogens (tertiary/aromatic N) is 2. The molecule has 10 nitrogen and oxygen atoms in total. The molecule has 1 unspecified atom stereocenters. The minimum Gasteiger partial charge on any atom is -0.480 e. The van der Waals surface area contributed by atoms with Gasteiger partial charge in [0.15, 0.2) is 0 Å². The minimum absolute atomic E-state index is 0.124. The van der Waals surface area contributed by atoms with E-state index in [0.29, 0.717) is 32.5 Å². The number of carboxylic acids is 1. The standard InChI is InChI=1S/C24H33N5O5/c1-3-4-5-6-11-25-24(33)34-20-9-13-29(14-10-20)23(32)28-21(22(30)31)16-19-8-7-12-26-27-17-18(2)15-19/h3-8,12,15,17,20-21,27H,9-11,13-14,16H2,1-2H3,(H,25,33)(H,28,32)(H,30,31)/b4-3-,6-5-,8-7?,18-17?,19-15?,26-12?. The fraction of sp³-hybridized carbons (Fsp3) is 0.417. The molecular formula is C24H33N5O5. The molecular weight excluding hydrogens is 438 g/mol. The normalized spacial score (nSPS) is 15.1. The maximum atomic E-state index is 12.7. The summed E-state index contributed by atoms with van der Waals surface area (Å²) in [5.41, 5.74) is 1.62. The molecule has 1 atom stereocenters. The van der Waals surface area contributed by atoms with Gasteiger partial charge in [-0.3, -0.25) is 5.10 Å². The summed E-state index contributed by atoms with van der Waals surface area (Å²) >= 11 is 0. The van der Waals surface area contributed by atoms with E-state index in [1.54, 1.807) is 35.5 Å². The Kier molecular flexibility index (Phi) is 11.2. The van der Waals surface area contributed by atoms with Gasteiger partial charge in [-0.05, 0) is 31.0 Å². The van der Waals surface area contributed by atoms with Crippen LogP contribution in [-0.4, -0.2) is 70.1 Å². The average molecular weight is 472 g/mol. The number of likely N-dealkylation sites (tertiary alicyclic amines) is 1. The summed E-state index contributed by atoms with van der Waals surface area (Å²) in [4.78, 5) is 37.9. The molecule has 1 aliphatic rings. The lowest BCUT2D eigenvalue weighted by Gasteiger charge is -2.32. The van der Waals surface area contributed by atoms with Crippen molar-refractivity contribution in [1.29, 1.82) is 0 Å². The zero-order valence-corrected chi connectivity index (χ0v) is 19.6. The predicted molar refractivity (Wildman–Crippen MR) is 128 cm³/mol. The Hall–Kier alpha value is -3.82. The number of piperidine rings is 1. The SMILES string of the molecule is C/C=C\C=C/CNC(=O)OC1CCN(C(=O)NC(Cc2cccn[nH]cc(C)c2)C(=O)O)CC1. The summed E-state index contributed by atoms with van der Waals surface area (Å²) in [6, 6.07) is 3.76. The van der Waals surface area contributed by atoms with Crippen molar-refractivity contribution in [3.05, 3.63) is 66.0 Å². The highest BCUT2D eigenvalue weighted by Gasteiger charge is 2.28. The van der Waals surface area contributed by atoms with Gasteiger partial charge in [-0.1, -0.05) is 36.4 Å². The Morgan fingerprint density at radius 1 is 1.32 bits per heavy atom. The fourth-order valence-electron chi connectivity index (χ4n) is 3.35. The molecule has 4 N–H and O–H groups in total. The van der Waals surface area contributed by atoms with Crippen LogP contribution in [0.15, 0.2) is 54.9 Å². The number of aliphatic carboxylic acids is 1. The van der Waals surface area contributed by atoms with E-state index in [-0.39, 0.29) is 12.5 Å². The molecule has 0 spiro atoms. The predicted octanol–water partition coefficient (Wildman–Crippen LogP) is 2.87. The summed E-state index contributed by atoms with van der Waals surface area (Å²) in [5, 5.41) is 21.6. The van der Waals surface area contributed by atoms with Crippen LogP contribution < -0.4 is 10.6 Å². The lowest BCUT2D eigenvalue weighted by Crippen LogP contribution is -2.51. The van der Waals surface area contributed by atoms with Gasteiger partial charge in [0.05, 0.1) is 0 Å². The number of rotatable bonds is 8. The van der Waals surface area contributed by atoms with Crippen molar-refractivity contribution in [2.45, 2.75) is 45.3 Å². The first kappa shape index (κ1) is 26.4. The molecule has 0 aliphatic carbocycles. The highest BCUT2D eigenvalue weighted by atomic mass is 16.6. The van der Waals surface area contributed by atoms with Gasteiger partial charge >= 0.3 is 18.1 Å². The number of H-pyrrole nitrogens is 1. The number of aromatic amines is 1. The number of carbonyl (C=O) groups excluding carboxylic acids is 2. The van der Waals surface area contributed by atoms with E-state index in [4.69, 9.17) is 4.74 Å². The molecule has 2 rings (SSSR count). The summed E-state index contributed by atoms with van der Waals surface area (Å²) < 4.78 is 5.40. The average Bonchev–Trinajstić information content (AvgIpc) is 2.90. The summed E-state index contributed by atoms with van der Waals surface area (Å²) in [6.07, 6.45) is 10.9. The van der Waals surface area contributed by atoms with Crippen molar-refractivity contribution in [1.82, 2.24) is 25.7 Å². The molecule has 2 heterocycles. The second kappa shape index (κ2) is 14.4. The van der Waals surface area contributed by atoms with E-state index < -0.39 is 24.1 Å². The molecule has 0 aromatic carbocycles. The van der Waals surface area contributed by atoms with E-state index in [9.17, 15) is 19.5 Å². The highest BCUT2D eigenvalue weighted by molar-refractivity contribution is 5.83. The van der Waals surface area contributed by atoms with Gasteiger partial charge in [0.2, 0.25) is 0 Å². The van der Waals surface area contributed by atoms with Crippen molar-refractivity contribution in [2.75, 3.05) is 19.6 Å². The Bertz CT molecular complexity index is 933. The van der Waals surface area contributed by atoms with Gasteiger partial charge in [-0.2, -0.15) is 5.10 Å². The van der Waals surface area contributed by atoms with Gasteiger partial charge in [0.25, 0.3) is 0 Å². The van der Waals surface area contributed by atoms with E-state index in [2.05, 4.69) is 20.8 Å². The first-order valence-corrected chi connectivity index (χ1v) is 11.2. The Labute approximate surface area is 199 Å². The van der Waals surface area contributed by atoms with Crippen LogP contribution in [0.3, 0.4) is 0 Å². The monoisotopic (exact) mass is 471 g/mol. The van der Waals surface area contributed by atoms with Crippen LogP contribution in [0, 0.1) is 6.92 Å². The first-order chi connectivity index (χ1) is 16.4. The second-order valence-electron chi connectivity index (χ2n) is 7.84. The van der Waals surface area contributed by atoms with Crippen molar-refractivity contribution in [3.8, 4) is 0 Å². The summed E-state index contributed by atoms with van der Waals surface area (Å²) in [6.45, 7) is 4.86. The van der Waals surface area contributed by atoms with Gasteiger partial charge in [0, 0.05) is 51.3 Å². The molecule has 1 fully saturated rings. The number of alkyl carbamates (subject to hydrolysis) is 1. The number of hydrogen-bond donors (Lipinski definition) is 4. The third-order valence-electron chi connectivity index (χ3n) is 5.09. The number of nitrogens with one attached hydrogen (secondary N) is 3. The van der Waals surface area contributed by atoms with Crippen LogP contribution in [0.1, 0.15) is 30.9 Å². The number of hydrogen-bond acceptors (Lipinski definition) is 5. The zero-order valence-electron chi connectivity index (χ0n) is 19.6. The summed E-state index contributed by atoms with van der Waals surface area (Å²) in [7, 11) is 0. The van der Waals surface area contributed by atoms with Gasteiger partial charge in [-0.25, -0.2) is 14.4 Å². The third kappa shape index (κ3) is 9.76. The summed E-state index contributed by atoms with van der Waals surface area (Å²) in [5.74, 6) is -1.12. The zero-order chi connectivity index (χ0) is 24.8. The number of allylic oxidation sites excluding steroid dienone is 3. The molecule has 3 amide bonds. The van der Waals surface area contributed by atoms with Crippen LogP contribution in [0.5, 0.6) is 0 Å². The fourth-order valence-corrected chi connectivity index (χ4v) is 3.35. The van der Waals surface area contributed by atoms with E-state index >= 15 is 0 Å². The van der Waals surface area contributed by atoms with Crippen molar-refractivity contribution >= 4 is 18.1 Å². The first-order valence-electron chi connectivity index (χ1n) is 11.2. The molecule has 1 aliphatic heterocycles. The molecule has 1 aromatic heterocycles. The number of carbonyl (C=O) groups is 3. The van der Waals surface area contributed by atoms with Crippen LogP contribution in [0.2, 0.25) is 0 Å². The smallest absolute Gasteiger partial charge is 0.407 e. The lowest BCUT2D eigenvalue weighted by atomic mass is 10.1. The number of aromatic nitrogens is 2. The lowest BCUT2D eigenvalue weighted by molar-refractivity contribution is -0.139. The molecule has 1 saturated heterocycles. The van der Waals surface area contributed by atoms with Crippen molar-refractivity contribution < 1.29 is 24.2 Å². The number of urea groups is 1. The van der Waals surface area contributed by atoms with E-state index in [0.717, 1.165) is 11.1 Å². The number of ether oxygens (including phenoxy) is 1. The van der Waals surface area contributed by atoms with Crippen LogP contribution >= 0.6 is 0 Å². The molecule has 1 aromatic rings. The van der Waals surface area contributed by atoms with Crippen LogP contribution in [-0.2, 0) is 16.0 Å². The van der Waals surface area contributed by atoms with E-state index in [1.807, 2.05) is 38.1 Å². The quantitative estimate of drug-likeness (QED) is 0.430. The van der Waals surface area contributed by atoms with Gasteiger partial charge in [-0.15, -0.1) is 0 Å². The largest absolute Gasteiger partial charge is 0.480 e. The number of carboxylic acid groups (broad SMARTS) is 1. The van der Waals surface area contributed by atoms with Crippen molar-refractivity contribution in [3.63, 3.8) is 0 Å². The molecule has 0 bridgehead atoms. The molecule has 0 radical (unpaired) electrons. The third-order valence-corrected chi connectivity index (χ3v) is 5.09. The Balaban J connectivity index is 1.86. The Morgan fingerprint density at radius 2 is 2.09 bits per heavy atom. The topological polar surface area (TPSA) is 137 Å². The maximum Gasteiger partial charge on any atom is 0.407 e. The van der Waals surface area contributed by atoms with E-state index in [1.165, 1.54) is 0 Å². The van der Waals surface area contributed by atoms with Crippen LogP contribution in [0.25, 0.3) is 0 Å². The van der Waals surface area contributed by atoms with Crippen molar-refractivity contribution in [2.24, 2.45) is 0 Å². The second-order valence-corrected chi connectivity index (χ2v) is 7.84. The molecule has 184 valence electrons. The Morgan fingerprint density at radius 3 is 2.79 bits per heavy atom.